The Morgan fingerprint density at radius 2 is 1.63 bits per heavy atom. The standard InChI is InChI=1S/C14H28O4Si/c1-5-10-17-19(4)18-12-9-7-6-8-11-16-14(15)13(2)3/h19H,2,5-12H2,1,3-4H3. The molecule has 1 unspecified atom stereocenters. The molecule has 0 saturated heterocycles. The van der Waals surface area contributed by atoms with Gasteiger partial charge in [0.25, 0.3) is 0 Å². The van der Waals surface area contributed by atoms with Crippen molar-refractivity contribution in [1.82, 2.24) is 0 Å². The molecule has 0 aliphatic rings. The lowest BCUT2D eigenvalue weighted by atomic mass is 10.2. The number of hydrogen-bond acceptors (Lipinski definition) is 4. The molecule has 0 radical (unpaired) electrons. The molecule has 0 N–H and O–H groups in total. The summed E-state index contributed by atoms with van der Waals surface area (Å²) >= 11 is 0. The molecule has 0 heterocycles. The monoisotopic (exact) mass is 288 g/mol. The maximum Gasteiger partial charge on any atom is 0.333 e. The van der Waals surface area contributed by atoms with E-state index in [9.17, 15) is 4.79 Å². The SMILES string of the molecule is C=C(C)C(=O)OCCCCCCO[SiH](C)OCCC. The molecule has 0 spiro atoms. The molecule has 0 saturated carbocycles. The van der Waals surface area contributed by atoms with Gasteiger partial charge in [0.05, 0.1) is 6.61 Å². The third-order valence-electron chi connectivity index (χ3n) is 2.53. The average Bonchev–Trinajstić information content (AvgIpc) is 2.38. The average molecular weight is 288 g/mol. The van der Waals surface area contributed by atoms with E-state index in [1.165, 1.54) is 0 Å². The van der Waals surface area contributed by atoms with Crippen molar-refractivity contribution in [2.45, 2.75) is 52.5 Å². The van der Waals surface area contributed by atoms with Crippen LogP contribution in [0, 0.1) is 0 Å². The zero-order chi connectivity index (χ0) is 14.5. The molecule has 0 aliphatic carbocycles. The fourth-order valence-corrected chi connectivity index (χ4v) is 2.59. The number of carbonyl (C=O) groups is 1. The molecule has 1 atom stereocenters. The molecule has 0 aromatic carbocycles. The van der Waals surface area contributed by atoms with Crippen molar-refractivity contribution in [3.8, 4) is 0 Å². The summed E-state index contributed by atoms with van der Waals surface area (Å²) in [5, 5.41) is 0. The lowest BCUT2D eigenvalue weighted by Gasteiger charge is -2.11. The van der Waals surface area contributed by atoms with Crippen LogP contribution in [0.2, 0.25) is 6.55 Å². The number of esters is 1. The van der Waals surface area contributed by atoms with Gasteiger partial charge in [-0.2, -0.15) is 0 Å². The van der Waals surface area contributed by atoms with Gasteiger partial charge in [-0.15, -0.1) is 0 Å². The summed E-state index contributed by atoms with van der Waals surface area (Å²) in [5.74, 6) is -0.295. The van der Waals surface area contributed by atoms with E-state index < -0.39 is 9.28 Å². The molecule has 0 aliphatic heterocycles. The van der Waals surface area contributed by atoms with Crippen molar-refractivity contribution in [2.75, 3.05) is 19.8 Å². The summed E-state index contributed by atoms with van der Waals surface area (Å²) in [6, 6.07) is 0. The Labute approximate surface area is 119 Å². The molecule has 0 rings (SSSR count). The Morgan fingerprint density at radius 1 is 1.05 bits per heavy atom. The molecule has 0 aromatic rings. The van der Waals surface area contributed by atoms with E-state index in [4.69, 9.17) is 13.6 Å². The van der Waals surface area contributed by atoms with E-state index in [0.717, 1.165) is 45.3 Å². The highest BCUT2D eigenvalue weighted by molar-refractivity contribution is 6.42. The lowest BCUT2D eigenvalue weighted by Crippen LogP contribution is -2.19. The van der Waals surface area contributed by atoms with E-state index in [1.54, 1.807) is 6.92 Å². The second-order valence-electron chi connectivity index (χ2n) is 4.64. The zero-order valence-corrected chi connectivity index (χ0v) is 13.7. The van der Waals surface area contributed by atoms with Gasteiger partial charge in [-0.25, -0.2) is 4.79 Å². The minimum absolute atomic E-state index is 0.295. The fraction of sp³-hybridized carbons (Fsp3) is 0.786. The fourth-order valence-electron chi connectivity index (χ4n) is 1.43. The van der Waals surface area contributed by atoms with Gasteiger partial charge in [0.1, 0.15) is 0 Å². The second-order valence-corrected chi connectivity index (χ2v) is 6.44. The topological polar surface area (TPSA) is 44.8 Å². The summed E-state index contributed by atoms with van der Waals surface area (Å²) < 4.78 is 16.2. The van der Waals surface area contributed by atoms with Crippen LogP contribution in [0.25, 0.3) is 0 Å². The predicted octanol–water partition coefficient (Wildman–Crippen LogP) is 2.96. The maximum absolute atomic E-state index is 11.1. The van der Waals surface area contributed by atoms with Gasteiger partial charge in [-0.3, -0.25) is 0 Å². The lowest BCUT2D eigenvalue weighted by molar-refractivity contribution is -0.139. The van der Waals surface area contributed by atoms with Crippen LogP contribution in [-0.4, -0.2) is 35.1 Å². The number of ether oxygens (including phenoxy) is 1. The number of rotatable bonds is 12. The van der Waals surface area contributed by atoms with Gasteiger partial charge in [0, 0.05) is 18.8 Å². The first-order valence-corrected chi connectivity index (χ1v) is 9.23. The first-order valence-electron chi connectivity index (χ1n) is 7.13. The quantitative estimate of drug-likeness (QED) is 0.240. The number of unbranched alkanes of at least 4 members (excludes halogenated alkanes) is 3. The van der Waals surface area contributed by atoms with E-state index in [0.29, 0.717) is 12.2 Å². The van der Waals surface area contributed by atoms with Gasteiger partial charge in [-0.05, 0) is 39.2 Å². The predicted molar refractivity (Wildman–Crippen MR) is 79.4 cm³/mol. The summed E-state index contributed by atoms with van der Waals surface area (Å²) in [7, 11) is -1.39. The van der Waals surface area contributed by atoms with E-state index in [2.05, 4.69) is 20.0 Å². The molecule has 19 heavy (non-hydrogen) atoms. The molecule has 0 bridgehead atoms. The smallest absolute Gasteiger partial charge is 0.333 e. The van der Waals surface area contributed by atoms with Crippen molar-refractivity contribution < 1.29 is 18.4 Å². The van der Waals surface area contributed by atoms with E-state index in [1.807, 2.05) is 0 Å². The Morgan fingerprint density at radius 3 is 2.21 bits per heavy atom. The van der Waals surface area contributed by atoms with Crippen LogP contribution in [0.1, 0.15) is 46.0 Å². The van der Waals surface area contributed by atoms with Gasteiger partial charge in [-0.1, -0.05) is 19.9 Å². The molecule has 0 aromatic heterocycles. The Bertz CT molecular complexity index is 256. The van der Waals surface area contributed by atoms with Gasteiger partial charge < -0.3 is 13.6 Å². The molecule has 5 heteroatoms. The van der Waals surface area contributed by atoms with Gasteiger partial charge >= 0.3 is 15.3 Å². The molecule has 4 nitrogen and oxygen atoms in total. The van der Waals surface area contributed by atoms with Crippen molar-refractivity contribution in [3.05, 3.63) is 12.2 Å². The Kier molecular flexibility index (Phi) is 12.0. The zero-order valence-electron chi connectivity index (χ0n) is 12.6. The van der Waals surface area contributed by atoms with Crippen LogP contribution in [0.3, 0.4) is 0 Å². The van der Waals surface area contributed by atoms with E-state index >= 15 is 0 Å². The maximum atomic E-state index is 11.1. The highest BCUT2D eigenvalue weighted by atomic mass is 28.3. The summed E-state index contributed by atoms with van der Waals surface area (Å²) in [4.78, 5) is 11.1. The van der Waals surface area contributed by atoms with Gasteiger partial charge in [0.15, 0.2) is 0 Å². The van der Waals surface area contributed by atoms with Crippen molar-refractivity contribution in [1.29, 1.82) is 0 Å². The molecule has 0 amide bonds. The first-order chi connectivity index (χ1) is 9.07. The second kappa shape index (κ2) is 12.4. The normalized spacial score (nSPS) is 12.2. The minimum Gasteiger partial charge on any atom is -0.462 e. The van der Waals surface area contributed by atoms with E-state index in [-0.39, 0.29) is 5.97 Å². The van der Waals surface area contributed by atoms with Crippen LogP contribution in [0.15, 0.2) is 12.2 Å². The van der Waals surface area contributed by atoms with Crippen LogP contribution < -0.4 is 0 Å². The first kappa shape index (κ1) is 18.3. The third-order valence-corrected chi connectivity index (χ3v) is 3.94. The highest BCUT2D eigenvalue weighted by Gasteiger charge is 2.04. The Balaban J connectivity index is 3.23. The molecule has 112 valence electrons. The van der Waals surface area contributed by atoms with Crippen molar-refractivity contribution in [2.24, 2.45) is 0 Å². The number of carbonyl (C=O) groups excluding carboxylic acids is 1. The van der Waals surface area contributed by atoms with Crippen molar-refractivity contribution >= 4 is 15.3 Å². The highest BCUT2D eigenvalue weighted by Crippen LogP contribution is 2.03. The van der Waals surface area contributed by atoms with Crippen molar-refractivity contribution in [3.63, 3.8) is 0 Å². The Hall–Kier alpha value is -0.653. The molecule has 0 fully saturated rings. The van der Waals surface area contributed by atoms with Gasteiger partial charge in [0.2, 0.25) is 0 Å². The number of hydrogen-bond donors (Lipinski definition) is 0. The van der Waals surface area contributed by atoms with Crippen LogP contribution >= 0.6 is 0 Å². The summed E-state index contributed by atoms with van der Waals surface area (Å²) in [6.07, 6.45) is 5.14. The molecular weight excluding hydrogens is 260 g/mol. The largest absolute Gasteiger partial charge is 0.462 e. The van der Waals surface area contributed by atoms with Crippen LogP contribution in [-0.2, 0) is 18.4 Å². The minimum atomic E-state index is -1.39. The van der Waals surface area contributed by atoms with Crippen LogP contribution in [0.5, 0.6) is 0 Å². The van der Waals surface area contributed by atoms with Crippen LogP contribution in [0.4, 0.5) is 0 Å². The summed E-state index contributed by atoms with van der Waals surface area (Å²) in [5.41, 5.74) is 0.458. The summed E-state index contributed by atoms with van der Waals surface area (Å²) in [6.45, 7) is 11.4. The third kappa shape index (κ3) is 12.1. The molecular formula is C14H28O4Si.